The van der Waals surface area contributed by atoms with Crippen LogP contribution in [0.5, 0.6) is 0 Å². The van der Waals surface area contributed by atoms with E-state index in [1.165, 1.54) is 25.7 Å². The second-order valence-electron chi connectivity index (χ2n) is 15.9. The monoisotopic (exact) mass is 993 g/mol. The highest BCUT2D eigenvalue weighted by atomic mass is 16.7. The van der Waals surface area contributed by atoms with E-state index in [9.17, 15) is 76.7 Å². The van der Waals surface area contributed by atoms with Gasteiger partial charge in [0.05, 0.1) is 0 Å². The lowest BCUT2D eigenvalue weighted by molar-refractivity contribution is -0.200. The summed E-state index contributed by atoms with van der Waals surface area (Å²) in [6.07, 6.45) is 8.68. The second kappa shape index (κ2) is 31.9. The Labute approximate surface area is 403 Å². The number of hydrogen-bond acceptors (Lipinski definition) is 20. The maximum absolute atomic E-state index is 11.4. The van der Waals surface area contributed by atoms with E-state index in [4.69, 9.17) is 9.68 Å². The fraction of sp³-hybridized carbons (Fsp3) is 0.644. The highest BCUT2D eigenvalue weighted by Crippen LogP contribution is 2.17. The van der Waals surface area contributed by atoms with Gasteiger partial charge < -0.3 is 24.1 Å². The largest absolute Gasteiger partial charge is 0.343 e. The first-order valence-corrected chi connectivity index (χ1v) is 23.1. The minimum atomic E-state index is -0.966. The number of amides is 10. The average Bonchev–Trinajstić information content (AvgIpc) is 4.10. The van der Waals surface area contributed by atoms with E-state index in [2.05, 4.69) is 16.6 Å². The van der Waals surface area contributed by atoms with E-state index < -0.39 is 77.1 Å². The molecule has 388 valence electrons. The Morgan fingerprint density at radius 1 is 0.414 bits per heavy atom. The molecular formula is C45H63N5O20. The Morgan fingerprint density at radius 3 is 1.00 bits per heavy atom. The summed E-state index contributed by atoms with van der Waals surface area (Å²) in [5.74, 6) is -7.57. The number of nitrogens with zero attached hydrogens (tertiary/aromatic N) is 5. The lowest BCUT2D eigenvalue weighted by Crippen LogP contribution is -2.35. The third kappa shape index (κ3) is 21.9. The third-order valence-electron chi connectivity index (χ3n) is 10.2. The number of Topliss-reactive ketones (excluding diaryl/α,β-unsaturated/α-hetero) is 2. The van der Waals surface area contributed by atoms with Crippen LogP contribution in [-0.4, -0.2) is 126 Å². The summed E-state index contributed by atoms with van der Waals surface area (Å²) in [6, 6.07) is 0. The van der Waals surface area contributed by atoms with Crippen LogP contribution in [0.25, 0.3) is 0 Å². The number of rotatable bonds is 19. The molecule has 10 amide bonds. The minimum Gasteiger partial charge on any atom is -0.330 e. The fourth-order valence-corrected chi connectivity index (χ4v) is 5.92. The number of imide groups is 5. The Hall–Kier alpha value is -7.08. The van der Waals surface area contributed by atoms with E-state index in [0.717, 1.165) is 38.5 Å². The summed E-state index contributed by atoms with van der Waals surface area (Å²) in [5, 5.41) is 2.13. The summed E-state index contributed by atoms with van der Waals surface area (Å²) in [4.78, 5) is 196. The van der Waals surface area contributed by atoms with Crippen LogP contribution in [0.4, 0.5) is 0 Å². The van der Waals surface area contributed by atoms with Crippen molar-refractivity contribution in [2.45, 2.75) is 176 Å². The van der Waals surface area contributed by atoms with Gasteiger partial charge in [-0.3, -0.25) is 57.6 Å². The SMILES string of the molecule is CC(=O)C(C)C(=O)ON1C(=O)CCC1=O.CC(=O)CCCCCC(=O)ON1C(=O)CCC1=O.CCC(=O)ON1C(=O)CCC1=O.CCCCCCC(=O)ON1C(=O)CCC1=O.CCN1C(=O)CCC1=O. The lowest BCUT2D eigenvalue weighted by Gasteiger charge is -2.14. The van der Waals surface area contributed by atoms with Crippen molar-refractivity contribution in [1.29, 1.82) is 0 Å². The first-order chi connectivity index (χ1) is 33.0. The standard InChI is InChI=1S/C12H17NO5.C11H17NO4.C9H11NO5.C7H9NO4.C6H9NO2/c1-9(14)5-3-2-4-6-12(17)18-13-10(15)7-8-11(13)16;1-2-3-4-5-6-11(15)16-12-9(13)7-8-10(12)14;1-5(6(2)11)9(14)15-10-7(12)3-4-8(10)13;1-2-7(11)12-8-5(9)3-4-6(8)10;1-2-7-5(8)3-4-6(7)9/h2-8H2,1H3;2-8H2,1H3;5H,3-4H2,1-2H3;2-4H2,1H3;2-4H2,1H3. The Balaban J connectivity index is 0.000000444. The van der Waals surface area contributed by atoms with Crippen LogP contribution in [0.15, 0.2) is 0 Å². The smallest absolute Gasteiger partial charge is 0.330 e. The summed E-state index contributed by atoms with van der Waals surface area (Å²) < 4.78 is 0. The maximum atomic E-state index is 11.4. The predicted octanol–water partition coefficient (Wildman–Crippen LogP) is 2.67. The highest BCUT2D eigenvalue weighted by molar-refractivity contribution is 6.05. The lowest BCUT2D eigenvalue weighted by atomic mass is 10.1. The molecule has 0 saturated carbocycles. The third-order valence-corrected chi connectivity index (χ3v) is 10.2. The molecule has 0 N–H and O–H groups in total. The molecule has 5 fully saturated rings. The summed E-state index contributed by atoms with van der Waals surface area (Å²) in [5.41, 5.74) is 0. The van der Waals surface area contributed by atoms with Gasteiger partial charge in [0.2, 0.25) is 11.8 Å². The summed E-state index contributed by atoms with van der Waals surface area (Å²) in [6.45, 7) is 10.1. The van der Waals surface area contributed by atoms with Gasteiger partial charge in [0.1, 0.15) is 17.5 Å². The van der Waals surface area contributed by atoms with Crippen LogP contribution in [-0.2, 0) is 96.1 Å². The fourth-order valence-electron chi connectivity index (χ4n) is 5.92. The van der Waals surface area contributed by atoms with Crippen molar-refractivity contribution >= 4 is 94.5 Å². The Morgan fingerprint density at radius 2 is 0.714 bits per heavy atom. The molecular weight excluding hydrogens is 931 g/mol. The molecule has 5 heterocycles. The van der Waals surface area contributed by atoms with Crippen molar-refractivity contribution in [3.05, 3.63) is 0 Å². The van der Waals surface area contributed by atoms with Crippen LogP contribution < -0.4 is 0 Å². The molecule has 5 rings (SSSR count). The molecule has 25 heteroatoms. The topological polar surface area (TPSA) is 326 Å². The van der Waals surface area contributed by atoms with Crippen LogP contribution in [0, 0.1) is 5.92 Å². The van der Waals surface area contributed by atoms with Gasteiger partial charge in [-0.05, 0) is 47.0 Å². The molecule has 0 aromatic heterocycles. The van der Waals surface area contributed by atoms with Gasteiger partial charge in [0.15, 0.2) is 0 Å². The van der Waals surface area contributed by atoms with E-state index in [0.29, 0.717) is 52.5 Å². The quantitative estimate of drug-likeness (QED) is 0.102. The molecule has 0 aromatic carbocycles. The number of hydroxylamine groups is 8. The second-order valence-corrected chi connectivity index (χ2v) is 15.9. The van der Waals surface area contributed by atoms with Gasteiger partial charge in [0, 0.05) is 96.4 Å². The van der Waals surface area contributed by atoms with Crippen molar-refractivity contribution in [3.8, 4) is 0 Å². The highest BCUT2D eigenvalue weighted by Gasteiger charge is 2.36. The maximum Gasteiger partial charge on any atom is 0.343 e. The molecule has 5 saturated heterocycles. The number of carbonyl (C=O) groups is 16. The Kier molecular flexibility index (Phi) is 27.7. The van der Waals surface area contributed by atoms with Gasteiger partial charge in [-0.2, -0.15) is 0 Å². The molecule has 0 radical (unpaired) electrons. The van der Waals surface area contributed by atoms with Crippen molar-refractivity contribution < 1.29 is 96.1 Å². The number of likely N-dealkylation sites (tertiary alicyclic amines) is 1. The number of unbranched alkanes of at least 4 members (excludes halogenated alkanes) is 5. The van der Waals surface area contributed by atoms with Gasteiger partial charge in [0.25, 0.3) is 47.3 Å². The van der Waals surface area contributed by atoms with Crippen LogP contribution in [0.1, 0.15) is 176 Å². The molecule has 0 bridgehead atoms. The number of hydrogen-bond donors (Lipinski definition) is 0. The zero-order valence-electron chi connectivity index (χ0n) is 40.5. The normalized spacial score (nSPS) is 16.7. The molecule has 0 spiro atoms. The minimum absolute atomic E-state index is 0.0255. The van der Waals surface area contributed by atoms with Crippen LogP contribution in [0.2, 0.25) is 0 Å². The van der Waals surface area contributed by atoms with E-state index >= 15 is 0 Å². The van der Waals surface area contributed by atoms with Crippen molar-refractivity contribution in [3.63, 3.8) is 0 Å². The van der Waals surface area contributed by atoms with E-state index in [1.807, 2.05) is 0 Å². The molecule has 0 aliphatic carbocycles. The summed E-state index contributed by atoms with van der Waals surface area (Å²) in [7, 11) is 0. The van der Waals surface area contributed by atoms with Gasteiger partial charge in [-0.25, -0.2) is 19.2 Å². The zero-order chi connectivity index (χ0) is 53.1. The summed E-state index contributed by atoms with van der Waals surface area (Å²) >= 11 is 0. The Bertz CT molecular complexity index is 1940. The predicted molar refractivity (Wildman–Crippen MR) is 233 cm³/mol. The van der Waals surface area contributed by atoms with Crippen molar-refractivity contribution in [1.82, 2.24) is 25.2 Å². The molecule has 25 nitrogen and oxygen atoms in total. The van der Waals surface area contributed by atoms with Gasteiger partial charge in [-0.1, -0.05) is 39.5 Å². The molecule has 0 aromatic rings. The van der Waals surface area contributed by atoms with Crippen LogP contribution in [0.3, 0.4) is 0 Å². The van der Waals surface area contributed by atoms with E-state index in [-0.39, 0.29) is 94.0 Å². The molecule has 5 aliphatic heterocycles. The van der Waals surface area contributed by atoms with Gasteiger partial charge >= 0.3 is 23.9 Å². The van der Waals surface area contributed by atoms with Crippen molar-refractivity contribution in [2.75, 3.05) is 6.54 Å². The average molecular weight is 994 g/mol. The zero-order valence-corrected chi connectivity index (χ0v) is 40.5. The van der Waals surface area contributed by atoms with Gasteiger partial charge in [-0.15, -0.1) is 20.3 Å². The van der Waals surface area contributed by atoms with Crippen LogP contribution >= 0.6 is 0 Å². The molecule has 1 unspecified atom stereocenters. The molecule has 1 atom stereocenters. The molecule has 70 heavy (non-hydrogen) atoms. The van der Waals surface area contributed by atoms with E-state index in [1.54, 1.807) is 13.8 Å². The first-order valence-electron chi connectivity index (χ1n) is 23.1. The first kappa shape index (κ1) is 60.9. The molecule has 5 aliphatic rings. The number of ketones is 2. The van der Waals surface area contributed by atoms with Crippen molar-refractivity contribution in [2.24, 2.45) is 5.92 Å². The number of carbonyl (C=O) groups excluding carboxylic acids is 16.